The van der Waals surface area contributed by atoms with Gasteiger partial charge in [-0.05, 0) is 48.5 Å². The van der Waals surface area contributed by atoms with Crippen LogP contribution in [0.5, 0.6) is 0 Å². The molecule has 0 bridgehead atoms. The number of rotatable bonds is 4. The molecule has 1 saturated heterocycles. The van der Waals surface area contributed by atoms with Crippen LogP contribution >= 0.6 is 0 Å². The summed E-state index contributed by atoms with van der Waals surface area (Å²) in [5.41, 5.74) is -0.939. The van der Waals surface area contributed by atoms with Crippen LogP contribution in [0.25, 0.3) is 0 Å². The van der Waals surface area contributed by atoms with Crippen molar-refractivity contribution in [1.82, 2.24) is 0 Å². The van der Waals surface area contributed by atoms with Crippen LogP contribution in [0, 0.1) is 0 Å². The lowest BCUT2D eigenvalue weighted by Gasteiger charge is -2.23. The van der Waals surface area contributed by atoms with Crippen molar-refractivity contribution in [3.05, 3.63) is 0 Å². The first-order valence-electron chi connectivity index (χ1n) is 7.99. The molecule has 0 spiro atoms. The highest BCUT2D eigenvalue weighted by Crippen LogP contribution is 2.21. The molecular formula is C17H28O8. The van der Waals surface area contributed by atoms with Gasteiger partial charge in [-0.3, -0.25) is 9.59 Å². The van der Waals surface area contributed by atoms with Crippen molar-refractivity contribution in [3.8, 4) is 0 Å². The van der Waals surface area contributed by atoms with Gasteiger partial charge in [0.15, 0.2) is 30.2 Å². The first-order valence-corrected chi connectivity index (χ1v) is 7.99. The Kier molecular flexibility index (Phi) is 8.93. The Morgan fingerprint density at radius 2 is 1.60 bits per heavy atom. The zero-order valence-electron chi connectivity index (χ0n) is 16.1. The number of carbonyl (C=O) groups excluding carboxylic acids is 4. The van der Waals surface area contributed by atoms with E-state index in [1.54, 1.807) is 34.6 Å². The van der Waals surface area contributed by atoms with Gasteiger partial charge in [-0.15, -0.1) is 0 Å². The van der Waals surface area contributed by atoms with Crippen LogP contribution in [-0.2, 0) is 38.1 Å². The first kappa shape index (κ1) is 23.2. The molecule has 1 fully saturated rings. The highest BCUT2D eigenvalue weighted by molar-refractivity contribution is 5.93. The molecule has 1 heterocycles. The van der Waals surface area contributed by atoms with Crippen LogP contribution in [0.1, 0.15) is 48.5 Å². The smallest absolute Gasteiger partial charge is 0.335 e. The van der Waals surface area contributed by atoms with E-state index < -0.39 is 42.0 Å². The van der Waals surface area contributed by atoms with Gasteiger partial charge in [0.2, 0.25) is 5.78 Å². The maximum atomic E-state index is 11.6. The molecule has 0 amide bonds. The van der Waals surface area contributed by atoms with Crippen LogP contribution < -0.4 is 0 Å². The summed E-state index contributed by atoms with van der Waals surface area (Å²) >= 11 is 0. The van der Waals surface area contributed by atoms with Crippen molar-refractivity contribution in [2.45, 2.75) is 78.5 Å². The predicted octanol–water partition coefficient (Wildman–Crippen LogP) is 1.23. The number of Topliss-reactive ketones (excluding diaryl/α,β-unsaturated/α-hetero) is 2. The second-order valence-corrected chi connectivity index (χ2v) is 6.28. The van der Waals surface area contributed by atoms with Gasteiger partial charge in [0.1, 0.15) is 5.60 Å². The Bertz CT molecular complexity index is 511. The van der Waals surface area contributed by atoms with E-state index in [0.29, 0.717) is 0 Å². The van der Waals surface area contributed by atoms with Crippen molar-refractivity contribution in [2.24, 2.45) is 0 Å². The third kappa shape index (κ3) is 7.31. The third-order valence-corrected chi connectivity index (χ3v) is 3.61. The fourth-order valence-electron chi connectivity index (χ4n) is 1.81. The molecule has 0 N–H and O–H groups in total. The monoisotopic (exact) mass is 360 g/mol. The van der Waals surface area contributed by atoms with E-state index in [1.165, 1.54) is 21.0 Å². The quantitative estimate of drug-likeness (QED) is 0.689. The second kappa shape index (κ2) is 9.62. The SMILES string of the molecule is CC1OC(C)(C)C(=O)C(C)OC1=O.COC(C)C(=O)OC(C)C(C)=O. The number of carbonyl (C=O) groups is 4. The van der Waals surface area contributed by atoms with Crippen LogP contribution in [0.4, 0.5) is 0 Å². The average molecular weight is 360 g/mol. The molecule has 0 aromatic rings. The van der Waals surface area contributed by atoms with E-state index in [0.717, 1.165) is 0 Å². The van der Waals surface area contributed by atoms with Gasteiger partial charge in [0.05, 0.1) is 0 Å². The number of esters is 2. The Hall–Kier alpha value is -1.80. The Morgan fingerprint density at radius 3 is 2.04 bits per heavy atom. The Balaban J connectivity index is 0.000000463. The topological polar surface area (TPSA) is 105 Å². The molecule has 0 aliphatic carbocycles. The molecule has 8 nitrogen and oxygen atoms in total. The lowest BCUT2D eigenvalue weighted by molar-refractivity contribution is -0.162. The molecule has 1 aliphatic rings. The van der Waals surface area contributed by atoms with Gasteiger partial charge in [-0.2, -0.15) is 0 Å². The molecule has 1 rings (SSSR count). The summed E-state index contributed by atoms with van der Waals surface area (Å²) in [7, 11) is 1.41. The summed E-state index contributed by atoms with van der Waals surface area (Å²) in [6.07, 6.45) is -2.70. The van der Waals surface area contributed by atoms with Gasteiger partial charge in [-0.1, -0.05) is 0 Å². The fourth-order valence-corrected chi connectivity index (χ4v) is 1.81. The maximum absolute atomic E-state index is 11.6. The number of methoxy groups -OCH3 is 1. The maximum Gasteiger partial charge on any atom is 0.335 e. The van der Waals surface area contributed by atoms with Crippen molar-refractivity contribution in [1.29, 1.82) is 0 Å². The average Bonchev–Trinajstić information content (AvgIpc) is 2.58. The lowest BCUT2D eigenvalue weighted by Crippen LogP contribution is -2.40. The summed E-state index contributed by atoms with van der Waals surface area (Å²) in [6.45, 7) is 10.9. The minimum Gasteiger partial charge on any atom is -0.453 e. The second-order valence-electron chi connectivity index (χ2n) is 6.28. The van der Waals surface area contributed by atoms with E-state index in [4.69, 9.17) is 18.9 Å². The summed E-state index contributed by atoms with van der Waals surface area (Å²) in [5.74, 6) is -1.37. The van der Waals surface area contributed by atoms with Crippen LogP contribution in [0.2, 0.25) is 0 Å². The van der Waals surface area contributed by atoms with Gasteiger partial charge >= 0.3 is 11.9 Å². The first-order chi connectivity index (χ1) is 11.3. The number of ketones is 2. The van der Waals surface area contributed by atoms with E-state index >= 15 is 0 Å². The highest BCUT2D eigenvalue weighted by atomic mass is 16.6. The van der Waals surface area contributed by atoms with Gasteiger partial charge < -0.3 is 18.9 Å². The molecule has 1 aliphatic heterocycles. The number of hydrogen-bond donors (Lipinski definition) is 0. The standard InChI is InChI=1S/C9H14O4.C8H14O4/c1-5-7(10)9(3,4)13-6(2)8(11)12-5;1-5(9)6(2)12-8(10)7(3)11-4/h5-6H,1-4H3;6-7H,1-4H3. The fraction of sp³-hybridized carbons (Fsp3) is 0.765. The highest BCUT2D eigenvalue weighted by Gasteiger charge is 2.41. The molecule has 8 heteroatoms. The normalized spacial score (nSPS) is 24.8. The number of ether oxygens (including phenoxy) is 4. The molecular weight excluding hydrogens is 332 g/mol. The third-order valence-electron chi connectivity index (χ3n) is 3.61. The summed E-state index contributed by atoms with van der Waals surface area (Å²) in [4.78, 5) is 44.4. The molecule has 4 unspecified atom stereocenters. The van der Waals surface area contributed by atoms with Crippen molar-refractivity contribution >= 4 is 23.5 Å². The van der Waals surface area contributed by atoms with Crippen molar-refractivity contribution in [2.75, 3.05) is 7.11 Å². The van der Waals surface area contributed by atoms with Crippen LogP contribution in [-0.4, -0.2) is 60.6 Å². The van der Waals surface area contributed by atoms with Gasteiger partial charge in [0, 0.05) is 7.11 Å². The van der Waals surface area contributed by atoms with E-state index in [-0.39, 0.29) is 11.6 Å². The molecule has 0 saturated carbocycles. The Labute approximate surface area is 148 Å². The summed E-state index contributed by atoms with van der Waals surface area (Å²) in [6, 6.07) is 0. The molecule has 144 valence electrons. The van der Waals surface area contributed by atoms with Crippen LogP contribution in [0.3, 0.4) is 0 Å². The largest absolute Gasteiger partial charge is 0.453 e. The molecule has 0 radical (unpaired) electrons. The zero-order valence-corrected chi connectivity index (χ0v) is 16.1. The van der Waals surface area contributed by atoms with E-state index in [2.05, 4.69) is 0 Å². The van der Waals surface area contributed by atoms with E-state index in [1.807, 2.05) is 0 Å². The predicted molar refractivity (Wildman–Crippen MR) is 87.9 cm³/mol. The lowest BCUT2D eigenvalue weighted by atomic mass is 10.00. The summed E-state index contributed by atoms with van der Waals surface area (Å²) in [5, 5.41) is 0. The Morgan fingerprint density at radius 1 is 1.08 bits per heavy atom. The van der Waals surface area contributed by atoms with Gasteiger partial charge in [0.25, 0.3) is 0 Å². The van der Waals surface area contributed by atoms with Crippen molar-refractivity contribution < 1.29 is 38.1 Å². The zero-order chi connectivity index (χ0) is 19.9. The molecule has 0 aromatic carbocycles. The van der Waals surface area contributed by atoms with Gasteiger partial charge in [-0.25, -0.2) is 9.59 Å². The summed E-state index contributed by atoms with van der Waals surface area (Å²) < 4.78 is 19.6. The number of cyclic esters (lactones) is 1. The minimum absolute atomic E-state index is 0.174. The van der Waals surface area contributed by atoms with Crippen molar-refractivity contribution in [3.63, 3.8) is 0 Å². The van der Waals surface area contributed by atoms with Crippen LogP contribution in [0.15, 0.2) is 0 Å². The molecule has 25 heavy (non-hydrogen) atoms. The number of hydrogen-bond acceptors (Lipinski definition) is 8. The van der Waals surface area contributed by atoms with E-state index in [9.17, 15) is 19.2 Å². The minimum atomic E-state index is -0.939. The molecule has 0 aromatic heterocycles. The molecule has 4 atom stereocenters.